The summed E-state index contributed by atoms with van der Waals surface area (Å²) in [5.74, 6) is 0.831. The van der Waals surface area contributed by atoms with Crippen LogP contribution in [0.3, 0.4) is 0 Å². The van der Waals surface area contributed by atoms with E-state index in [0.717, 1.165) is 15.4 Å². The number of nitrogens with one attached hydrogen (secondary N) is 1. The third-order valence-electron chi connectivity index (χ3n) is 4.72. The second kappa shape index (κ2) is 9.06. The molecule has 0 amide bonds. The number of hydrogen-bond donors (Lipinski definition) is 1. The van der Waals surface area contributed by atoms with Crippen molar-refractivity contribution in [3.63, 3.8) is 0 Å². The van der Waals surface area contributed by atoms with Crippen LogP contribution in [-0.4, -0.2) is 31.4 Å². The fourth-order valence-corrected chi connectivity index (χ4v) is 4.68. The molecule has 2 aromatic rings. The third kappa shape index (κ3) is 4.29. The third-order valence-corrected chi connectivity index (χ3v) is 6.08. The lowest BCUT2D eigenvalue weighted by Crippen LogP contribution is -2.48. The molecule has 8 heteroatoms. The Bertz CT molecular complexity index is 997. The van der Waals surface area contributed by atoms with Gasteiger partial charge in [-0.15, -0.1) is 11.3 Å². The Morgan fingerprint density at radius 3 is 2.40 bits per heavy atom. The van der Waals surface area contributed by atoms with E-state index in [1.165, 1.54) is 0 Å². The number of thiophene rings is 1. The van der Waals surface area contributed by atoms with Crippen molar-refractivity contribution in [2.45, 2.75) is 39.8 Å². The number of rotatable bonds is 6. The van der Waals surface area contributed by atoms with Gasteiger partial charge in [-0.1, -0.05) is 0 Å². The monoisotopic (exact) mass is 446 g/mol. The van der Waals surface area contributed by atoms with Crippen molar-refractivity contribution in [2.75, 3.05) is 19.1 Å². The van der Waals surface area contributed by atoms with Crippen LogP contribution in [0.15, 0.2) is 41.6 Å². The van der Waals surface area contributed by atoms with Crippen molar-refractivity contribution in [3.05, 3.63) is 51.4 Å². The zero-order valence-corrected chi connectivity index (χ0v) is 19.6. The van der Waals surface area contributed by atoms with Crippen LogP contribution in [0.2, 0.25) is 0 Å². The Labute approximate surface area is 186 Å². The molecule has 30 heavy (non-hydrogen) atoms. The lowest BCUT2D eigenvalue weighted by molar-refractivity contribution is -0.143. The lowest BCUT2D eigenvalue weighted by Gasteiger charge is -2.37. The van der Waals surface area contributed by atoms with Gasteiger partial charge in [-0.2, -0.15) is 0 Å². The molecule has 1 aliphatic rings. The number of nitrogens with zero attached hydrogens (tertiary/aromatic N) is 1. The van der Waals surface area contributed by atoms with Gasteiger partial charge in [0.15, 0.2) is 16.6 Å². The first-order chi connectivity index (χ1) is 14.3. The van der Waals surface area contributed by atoms with Crippen LogP contribution < -0.4 is 19.7 Å². The molecule has 1 aromatic carbocycles. The number of carbonyl (C=O) groups is 1. The summed E-state index contributed by atoms with van der Waals surface area (Å²) in [4.78, 5) is 17.1. The van der Waals surface area contributed by atoms with Crippen LogP contribution >= 0.6 is 23.6 Å². The molecule has 0 saturated heterocycles. The zero-order chi connectivity index (χ0) is 22.0. The van der Waals surface area contributed by atoms with Crippen LogP contribution in [0.1, 0.15) is 36.6 Å². The quantitative estimate of drug-likeness (QED) is 0.508. The minimum absolute atomic E-state index is 0.230. The fourth-order valence-electron chi connectivity index (χ4n) is 3.38. The van der Waals surface area contributed by atoms with E-state index in [1.807, 2.05) is 62.9 Å². The number of aryl methyl sites for hydroxylation is 1. The average molecular weight is 447 g/mol. The van der Waals surface area contributed by atoms with Crippen molar-refractivity contribution < 1.29 is 19.0 Å². The number of hydrogen-bond acceptors (Lipinski definition) is 6. The Morgan fingerprint density at radius 1 is 1.13 bits per heavy atom. The van der Waals surface area contributed by atoms with E-state index >= 15 is 0 Å². The van der Waals surface area contributed by atoms with Crippen molar-refractivity contribution >= 4 is 40.3 Å². The summed E-state index contributed by atoms with van der Waals surface area (Å²) in [7, 11) is 3.17. The molecule has 1 aromatic heterocycles. The van der Waals surface area contributed by atoms with Crippen molar-refractivity contribution in [2.24, 2.45) is 0 Å². The highest BCUT2D eigenvalue weighted by Crippen LogP contribution is 2.39. The molecule has 160 valence electrons. The summed E-state index contributed by atoms with van der Waals surface area (Å²) in [5, 5.41) is 3.83. The zero-order valence-electron chi connectivity index (χ0n) is 17.9. The van der Waals surface area contributed by atoms with Gasteiger partial charge in [0.25, 0.3) is 0 Å². The SMILES string of the molecule is COc1ccc(N2C(=S)N[C@@H](c3ccc(C)s3)C(C(=O)OC(C)C)=C2C)cc1OC. The number of methoxy groups -OCH3 is 2. The van der Waals surface area contributed by atoms with Gasteiger partial charge in [-0.3, -0.25) is 4.90 Å². The Balaban J connectivity index is 2.13. The highest BCUT2D eigenvalue weighted by Gasteiger charge is 2.36. The van der Waals surface area contributed by atoms with Crippen molar-refractivity contribution in [3.8, 4) is 11.5 Å². The fraction of sp³-hybridized carbons (Fsp3) is 0.364. The van der Waals surface area contributed by atoms with Crippen LogP contribution in [0.4, 0.5) is 5.69 Å². The highest BCUT2D eigenvalue weighted by molar-refractivity contribution is 7.80. The molecule has 0 radical (unpaired) electrons. The maximum Gasteiger partial charge on any atom is 0.338 e. The second-order valence-electron chi connectivity index (χ2n) is 7.16. The average Bonchev–Trinajstić information content (AvgIpc) is 3.12. The number of benzene rings is 1. The van der Waals surface area contributed by atoms with Gasteiger partial charge < -0.3 is 19.5 Å². The first kappa shape index (κ1) is 22.1. The van der Waals surface area contributed by atoms with Crippen LogP contribution in [0.5, 0.6) is 11.5 Å². The van der Waals surface area contributed by atoms with E-state index in [0.29, 0.717) is 27.9 Å². The smallest absolute Gasteiger partial charge is 0.338 e. The van der Waals surface area contributed by atoms with Gasteiger partial charge in [-0.05, 0) is 64.2 Å². The highest BCUT2D eigenvalue weighted by atomic mass is 32.1. The van der Waals surface area contributed by atoms with Crippen molar-refractivity contribution in [1.29, 1.82) is 0 Å². The van der Waals surface area contributed by atoms with Gasteiger partial charge in [0.2, 0.25) is 0 Å². The number of allylic oxidation sites excluding steroid dienone is 1. The predicted molar refractivity (Wildman–Crippen MR) is 123 cm³/mol. The van der Waals surface area contributed by atoms with Gasteiger partial charge in [0, 0.05) is 21.5 Å². The van der Waals surface area contributed by atoms with E-state index in [9.17, 15) is 4.79 Å². The molecule has 0 aliphatic carbocycles. The number of esters is 1. The topological polar surface area (TPSA) is 60.0 Å². The minimum Gasteiger partial charge on any atom is -0.493 e. The van der Waals surface area contributed by atoms with Gasteiger partial charge in [0.1, 0.15) is 0 Å². The second-order valence-corrected chi connectivity index (χ2v) is 8.86. The maximum absolute atomic E-state index is 13.1. The largest absolute Gasteiger partial charge is 0.493 e. The summed E-state index contributed by atoms with van der Waals surface area (Å²) in [6.45, 7) is 7.60. The Hall–Kier alpha value is -2.58. The van der Waals surface area contributed by atoms with Crippen LogP contribution in [0.25, 0.3) is 0 Å². The molecule has 0 unspecified atom stereocenters. The minimum atomic E-state index is -0.362. The molecule has 2 heterocycles. The lowest BCUT2D eigenvalue weighted by atomic mass is 10.00. The van der Waals surface area contributed by atoms with Crippen LogP contribution in [0, 0.1) is 6.92 Å². The summed E-state index contributed by atoms with van der Waals surface area (Å²) in [6.07, 6.45) is -0.230. The molecular weight excluding hydrogens is 420 g/mol. The molecule has 3 rings (SSSR count). The summed E-state index contributed by atoms with van der Waals surface area (Å²) in [5.41, 5.74) is 2.01. The molecule has 0 fully saturated rings. The number of carbonyl (C=O) groups excluding carboxylic acids is 1. The first-order valence-electron chi connectivity index (χ1n) is 9.57. The van der Waals surface area contributed by atoms with Crippen molar-refractivity contribution in [1.82, 2.24) is 5.32 Å². The standard InChI is InChI=1S/C22H26N2O4S2/c1-12(2)28-21(25)19-14(4)24(15-8-9-16(26-5)17(11-15)27-6)22(29)23-20(19)18-10-7-13(3)30-18/h7-12,20H,1-6H3,(H,23,29)/t20-/m0/s1. The van der Waals surface area contributed by atoms with E-state index in [4.69, 9.17) is 26.4 Å². The summed E-state index contributed by atoms with van der Waals surface area (Å²) < 4.78 is 16.3. The van der Waals surface area contributed by atoms with E-state index in [-0.39, 0.29) is 18.1 Å². The maximum atomic E-state index is 13.1. The van der Waals surface area contributed by atoms with Gasteiger partial charge >= 0.3 is 5.97 Å². The summed E-state index contributed by atoms with van der Waals surface area (Å²) in [6, 6.07) is 9.20. The molecule has 0 spiro atoms. The van der Waals surface area contributed by atoms with Gasteiger partial charge in [-0.25, -0.2) is 4.79 Å². The molecule has 0 bridgehead atoms. The van der Waals surface area contributed by atoms with E-state index < -0.39 is 0 Å². The molecule has 6 nitrogen and oxygen atoms in total. The summed E-state index contributed by atoms with van der Waals surface area (Å²) >= 11 is 7.33. The molecular formula is C22H26N2O4S2. The van der Waals surface area contributed by atoms with E-state index in [2.05, 4.69) is 5.32 Å². The van der Waals surface area contributed by atoms with Crippen LogP contribution in [-0.2, 0) is 9.53 Å². The Morgan fingerprint density at radius 2 is 1.83 bits per heavy atom. The number of ether oxygens (including phenoxy) is 3. The Kier molecular flexibility index (Phi) is 6.67. The molecule has 1 aliphatic heterocycles. The number of thiocarbonyl (C=S) groups is 1. The molecule has 0 saturated carbocycles. The molecule has 1 atom stereocenters. The first-order valence-corrected chi connectivity index (χ1v) is 10.8. The number of anilines is 1. The normalized spacial score (nSPS) is 16.6. The van der Waals surface area contributed by atoms with Gasteiger partial charge in [0.05, 0.1) is 37.6 Å². The van der Waals surface area contributed by atoms with E-state index in [1.54, 1.807) is 25.6 Å². The molecule has 1 N–H and O–H groups in total. The predicted octanol–water partition coefficient (Wildman–Crippen LogP) is 4.74.